The number of hydrogen-bond donors (Lipinski definition) is 0. The second kappa shape index (κ2) is 6.93. The van der Waals surface area contributed by atoms with Gasteiger partial charge in [0.2, 0.25) is 0 Å². The predicted octanol–water partition coefficient (Wildman–Crippen LogP) is 3.83. The van der Waals surface area contributed by atoms with E-state index in [-0.39, 0.29) is 0 Å². The molecule has 0 atom stereocenters. The lowest BCUT2D eigenvalue weighted by Crippen LogP contribution is -1.86. The van der Waals surface area contributed by atoms with E-state index in [9.17, 15) is 0 Å². The van der Waals surface area contributed by atoms with Crippen molar-refractivity contribution in [1.82, 2.24) is 0 Å². The van der Waals surface area contributed by atoms with Crippen LogP contribution in [0, 0.1) is 11.8 Å². The summed E-state index contributed by atoms with van der Waals surface area (Å²) in [6, 6.07) is 13.6. The SMILES string of the molecule is COc1ccc(C#Cc2ccc(OC)cc2SC)cc1. The Hall–Kier alpha value is -2.05. The largest absolute Gasteiger partial charge is 0.497 e. The zero-order valence-electron chi connectivity index (χ0n) is 11.8. The van der Waals surface area contributed by atoms with Crippen LogP contribution in [-0.2, 0) is 0 Å². The summed E-state index contributed by atoms with van der Waals surface area (Å²) in [5, 5.41) is 0. The highest BCUT2D eigenvalue weighted by molar-refractivity contribution is 7.98. The van der Waals surface area contributed by atoms with Crippen molar-refractivity contribution in [1.29, 1.82) is 0 Å². The van der Waals surface area contributed by atoms with E-state index in [2.05, 4.69) is 11.8 Å². The van der Waals surface area contributed by atoms with Crippen LogP contribution in [0.3, 0.4) is 0 Å². The van der Waals surface area contributed by atoms with Crippen molar-refractivity contribution in [2.45, 2.75) is 4.90 Å². The first-order valence-electron chi connectivity index (χ1n) is 6.15. The number of hydrogen-bond acceptors (Lipinski definition) is 3. The fourth-order valence-corrected chi connectivity index (χ4v) is 2.29. The first kappa shape index (κ1) is 14.4. The molecule has 3 heteroatoms. The molecule has 0 N–H and O–H groups in total. The Morgan fingerprint density at radius 1 is 0.850 bits per heavy atom. The van der Waals surface area contributed by atoms with Crippen molar-refractivity contribution in [2.24, 2.45) is 0 Å². The van der Waals surface area contributed by atoms with Crippen molar-refractivity contribution >= 4 is 11.8 Å². The number of methoxy groups -OCH3 is 2. The van der Waals surface area contributed by atoms with Crippen LogP contribution in [0.1, 0.15) is 11.1 Å². The minimum absolute atomic E-state index is 0.838. The lowest BCUT2D eigenvalue weighted by atomic mass is 10.1. The van der Waals surface area contributed by atoms with E-state index in [0.717, 1.165) is 27.5 Å². The number of ether oxygens (including phenoxy) is 2. The standard InChI is InChI=1S/C17H16O2S/c1-18-15-9-5-13(6-10-15)4-7-14-8-11-16(19-2)12-17(14)20-3/h5-6,8-12H,1-3H3. The molecule has 0 aliphatic carbocycles. The Morgan fingerprint density at radius 2 is 1.50 bits per heavy atom. The number of benzene rings is 2. The molecule has 0 radical (unpaired) electrons. The molecule has 2 aromatic rings. The Bertz CT molecular complexity index is 636. The van der Waals surface area contributed by atoms with Crippen molar-refractivity contribution < 1.29 is 9.47 Å². The van der Waals surface area contributed by atoms with E-state index in [4.69, 9.17) is 9.47 Å². The molecular formula is C17H16O2S. The molecule has 2 rings (SSSR count). The molecule has 0 saturated heterocycles. The van der Waals surface area contributed by atoms with Gasteiger partial charge < -0.3 is 9.47 Å². The van der Waals surface area contributed by atoms with Crippen LogP contribution in [0.4, 0.5) is 0 Å². The van der Waals surface area contributed by atoms with Gasteiger partial charge in [0.1, 0.15) is 11.5 Å². The molecule has 2 aromatic carbocycles. The summed E-state index contributed by atoms with van der Waals surface area (Å²) in [7, 11) is 3.32. The lowest BCUT2D eigenvalue weighted by Gasteiger charge is -2.04. The van der Waals surface area contributed by atoms with E-state index < -0.39 is 0 Å². The van der Waals surface area contributed by atoms with E-state index in [1.54, 1.807) is 26.0 Å². The summed E-state index contributed by atoms with van der Waals surface area (Å²) >= 11 is 1.66. The van der Waals surface area contributed by atoms with Gasteiger partial charge >= 0.3 is 0 Å². The quantitative estimate of drug-likeness (QED) is 0.630. The third kappa shape index (κ3) is 3.49. The average molecular weight is 284 g/mol. The third-order valence-electron chi connectivity index (χ3n) is 2.84. The molecule has 0 bridgehead atoms. The second-order valence-electron chi connectivity index (χ2n) is 4.04. The van der Waals surface area contributed by atoms with Gasteiger partial charge in [0.15, 0.2) is 0 Å². The minimum atomic E-state index is 0.838. The first-order chi connectivity index (χ1) is 9.76. The van der Waals surface area contributed by atoms with Crippen LogP contribution in [-0.4, -0.2) is 20.5 Å². The average Bonchev–Trinajstić information content (AvgIpc) is 2.53. The van der Waals surface area contributed by atoms with Gasteiger partial charge in [-0.1, -0.05) is 11.8 Å². The Balaban J connectivity index is 2.27. The van der Waals surface area contributed by atoms with Crippen LogP contribution >= 0.6 is 11.8 Å². The molecule has 0 saturated carbocycles. The summed E-state index contributed by atoms with van der Waals surface area (Å²) in [5.41, 5.74) is 1.97. The summed E-state index contributed by atoms with van der Waals surface area (Å²) < 4.78 is 10.4. The van der Waals surface area contributed by atoms with Crippen molar-refractivity contribution in [3.8, 4) is 23.3 Å². The molecule has 0 aliphatic rings. The predicted molar refractivity (Wildman–Crippen MR) is 83.7 cm³/mol. The van der Waals surface area contributed by atoms with E-state index >= 15 is 0 Å². The molecule has 0 heterocycles. The van der Waals surface area contributed by atoms with Crippen molar-refractivity contribution in [3.63, 3.8) is 0 Å². The summed E-state index contributed by atoms with van der Waals surface area (Å²) in [5.74, 6) is 8.06. The van der Waals surface area contributed by atoms with E-state index in [1.807, 2.05) is 48.7 Å². The smallest absolute Gasteiger partial charge is 0.120 e. The molecule has 0 spiro atoms. The second-order valence-corrected chi connectivity index (χ2v) is 4.89. The highest BCUT2D eigenvalue weighted by atomic mass is 32.2. The van der Waals surface area contributed by atoms with Crippen LogP contribution in [0.25, 0.3) is 0 Å². The Kier molecular flexibility index (Phi) is 4.97. The summed E-state index contributed by atoms with van der Waals surface area (Å²) in [6.07, 6.45) is 2.04. The van der Waals surface area contributed by atoms with Crippen molar-refractivity contribution in [3.05, 3.63) is 53.6 Å². The number of thioether (sulfide) groups is 1. The van der Waals surface area contributed by atoms with Crippen molar-refractivity contribution in [2.75, 3.05) is 20.5 Å². The highest BCUT2D eigenvalue weighted by Gasteiger charge is 2.01. The van der Waals surface area contributed by atoms with Gasteiger partial charge in [0.25, 0.3) is 0 Å². The fraction of sp³-hybridized carbons (Fsp3) is 0.176. The molecule has 0 aliphatic heterocycles. The van der Waals surface area contributed by atoms with Crippen LogP contribution in [0.2, 0.25) is 0 Å². The molecule has 0 fully saturated rings. The summed E-state index contributed by atoms with van der Waals surface area (Å²) in [6.45, 7) is 0. The number of rotatable bonds is 3. The third-order valence-corrected chi connectivity index (χ3v) is 3.62. The molecule has 0 aromatic heterocycles. The molecule has 2 nitrogen and oxygen atoms in total. The maximum Gasteiger partial charge on any atom is 0.120 e. The Labute approximate surface area is 124 Å². The van der Waals surface area contributed by atoms with Gasteiger partial charge in [0, 0.05) is 16.0 Å². The Morgan fingerprint density at radius 3 is 2.10 bits per heavy atom. The monoisotopic (exact) mass is 284 g/mol. The molecule has 0 amide bonds. The maximum absolute atomic E-state index is 5.22. The lowest BCUT2D eigenvalue weighted by molar-refractivity contribution is 0.413. The zero-order valence-corrected chi connectivity index (χ0v) is 12.6. The zero-order chi connectivity index (χ0) is 14.4. The molecule has 20 heavy (non-hydrogen) atoms. The minimum Gasteiger partial charge on any atom is -0.497 e. The van der Waals surface area contributed by atoms with Crippen LogP contribution < -0.4 is 9.47 Å². The van der Waals surface area contributed by atoms with Gasteiger partial charge in [-0.2, -0.15) is 0 Å². The highest BCUT2D eigenvalue weighted by Crippen LogP contribution is 2.25. The normalized spacial score (nSPS) is 9.55. The molecule has 0 unspecified atom stereocenters. The van der Waals surface area contributed by atoms with Gasteiger partial charge in [0.05, 0.1) is 14.2 Å². The van der Waals surface area contributed by atoms with Crippen LogP contribution in [0.5, 0.6) is 11.5 Å². The van der Waals surface area contributed by atoms with Gasteiger partial charge in [-0.05, 0) is 48.7 Å². The van der Waals surface area contributed by atoms with Gasteiger partial charge in [-0.3, -0.25) is 0 Å². The van der Waals surface area contributed by atoms with Gasteiger partial charge in [-0.15, -0.1) is 11.8 Å². The topological polar surface area (TPSA) is 18.5 Å². The van der Waals surface area contributed by atoms with E-state index in [0.29, 0.717) is 0 Å². The fourth-order valence-electron chi connectivity index (χ4n) is 1.72. The summed E-state index contributed by atoms with van der Waals surface area (Å²) in [4.78, 5) is 1.12. The molecule has 102 valence electrons. The van der Waals surface area contributed by atoms with E-state index in [1.165, 1.54) is 0 Å². The van der Waals surface area contributed by atoms with Gasteiger partial charge in [-0.25, -0.2) is 0 Å². The first-order valence-corrected chi connectivity index (χ1v) is 7.37. The van der Waals surface area contributed by atoms with Crippen LogP contribution in [0.15, 0.2) is 47.4 Å². The molecular weight excluding hydrogens is 268 g/mol. The maximum atomic E-state index is 5.22.